The number of piperazine rings is 1. The van der Waals surface area contributed by atoms with Gasteiger partial charge in [0.25, 0.3) is 0 Å². The number of carbonyl (C=O) groups excluding carboxylic acids is 3. The molecule has 7 nitrogen and oxygen atoms in total. The van der Waals surface area contributed by atoms with Gasteiger partial charge in [-0.25, -0.2) is 0 Å². The summed E-state index contributed by atoms with van der Waals surface area (Å²) < 4.78 is 0. The van der Waals surface area contributed by atoms with Crippen LogP contribution in [0.1, 0.15) is 57.8 Å². The van der Waals surface area contributed by atoms with E-state index in [1.54, 1.807) is 0 Å². The van der Waals surface area contributed by atoms with E-state index in [0.717, 1.165) is 32.5 Å². The Bertz CT molecular complexity index is 533. The number of hydrogen-bond donors (Lipinski definition) is 2. The monoisotopic (exact) mass is 378 g/mol. The highest BCUT2D eigenvalue weighted by Gasteiger charge is 2.33. The molecule has 2 heterocycles. The van der Waals surface area contributed by atoms with Crippen molar-refractivity contribution in [2.45, 2.75) is 63.8 Å². The smallest absolute Gasteiger partial charge is 0.237 e. The van der Waals surface area contributed by atoms with Gasteiger partial charge in [0, 0.05) is 45.7 Å². The second kappa shape index (κ2) is 10.1. The second-order valence-corrected chi connectivity index (χ2v) is 8.20. The third-order valence-electron chi connectivity index (χ3n) is 6.16. The molecule has 1 atom stereocenters. The van der Waals surface area contributed by atoms with Gasteiger partial charge in [0.2, 0.25) is 17.7 Å². The van der Waals surface area contributed by atoms with Crippen molar-refractivity contribution in [3.05, 3.63) is 0 Å². The largest absolute Gasteiger partial charge is 0.354 e. The normalized spacial score (nSPS) is 25.3. The van der Waals surface area contributed by atoms with Crippen LogP contribution in [0.25, 0.3) is 0 Å². The molecule has 3 fully saturated rings. The Morgan fingerprint density at radius 3 is 2.67 bits per heavy atom. The van der Waals surface area contributed by atoms with Gasteiger partial charge in [-0.2, -0.15) is 0 Å². The molecule has 27 heavy (non-hydrogen) atoms. The van der Waals surface area contributed by atoms with E-state index in [1.165, 1.54) is 32.1 Å². The van der Waals surface area contributed by atoms with E-state index in [4.69, 9.17) is 0 Å². The summed E-state index contributed by atoms with van der Waals surface area (Å²) >= 11 is 0. The molecular weight excluding hydrogens is 344 g/mol. The molecule has 2 N–H and O–H groups in total. The van der Waals surface area contributed by atoms with Gasteiger partial charge in [0.15, 0.2) is 0 Å². The fraction of sp³-hybridized carbons (Fsp3) is 0.850. The molecule has 0 radical (unpaired) electrons. The molecule has 0 spiro atoms. The number of hydrogen-bond acceptors (Lipinski definition) is 4. The van der Waals surface area contributed by atoms with Crippen molar-refractivity contribution in [3.8, 4) is 0 Å². The lowest BCUT2D eigenvalue weighted by Gasteiger charge is -2.37. The quantitative estimate of drug-likeness (QED) is 0.689. The maximum atomic E-state index is 12.4. The van der Waals surface area contributed by atoms with Crippen LogP contribution in [0, 0.1) is 5.92 Å². The van der Waals surface area contributed by atoms with Crippen LogP contribution in [0.5, 0.6) is 0 Å². The predicted molar refractivity (Wildman–Crippen MR) is 103 cm³/mol. The summed E-state index contributed by atoms with van der Waals surface area (Å²) in [5.74, 6) is 0.703. The highest BCUT2D eigenvalue weighted by molar-refractivity contribution is 5.88. The molecular formula is C20H34N4O3. The number of likely N-dealkylation sites (tertiary alicyclic amines) is 1. The van der Waals surface area contributed by atoms with Crippen LogP contribution in [0.4, 0.5) is 0 Å². The summed E-state index contributed by atoms with van der Waals surface area (Å²) in [5, 5.41) is 5.81. The fourth-order valence-electron chi connectivity index (χ4n) is 4.58. The Kier molecular flexibility index (Phi) is 7.50. The van der Waals surface area contributed by atoms with Crippen molar-refractivity contribution in [3.63, 3.8) is 0 Å². The van der Waals surface area contributed by atoms with Crippen molar-refractivity contribution in [1.29, 1.82) is 0 Å². The van der Waals surface area contributed by atoms with Crippen LogP contribution in [-0.4, -0.2) is 72.8 Å². The molecule has 0 unspecified atom stereocenters. The molecule has 3 rings (SSSR count). The fourth-order valence-corrected chi connectivity index (χ4v) is 4.58. The molecule has 7 heteroatoms. The van der Waals surface area contributed by atoms with Gasteiger partial charge in [-0.3, -0.25) is 19.3 Å². The summed E-state index contributed by atoms with van der Waals surface area (Å²) in [4.78, 5) is 40.6. The highest BCUT2D eigenvalue weighted by Crippen LogP contribution is 2.25. The van der Waals surface area contributed by atoms with Crippen LogP contribution in [0.15, 0.2) is 0 Å². The summed E-state index contributed by atoms with van der Waals surface area (Å²) in [6, 6.07) is -0.364. The maximum Gasteiger partial charge on any atom is 0.237 e. The SMILES string of the molecule is O=C(C[C@@H]1C(=O)NCCN1CC1CCCCC1)NCCN1CCCCC1=O. The number of amides is 3. The Morgan fingerprint density at radius 2 is 1.89 bits per heavy atom. The van der Waals surface area contributed by atoms with Crippen molar-refractivity contribution in [2.75, 3.05) is 39.3 Å². The third kappa shape index (κ3) is 5.92. The average Bonchev–Trinajstić information content (AvgIpc) is 2.67. The third-order valence-corrected chi connectivity index (χ3v) is 6.16. The predicted octanol–water partition coefficient (Wildman–Crippen LogP) is 0.886. The molecule has 2 aliphatic heterocycles. The van der Waals surface area contributed by atoms with E-state index in [1.807, 2.05) is 4.90 Å². The summed E-state index contributed by atoms with van der Waals surface area (Å²) in [5.41, 5.74) is 0. The highest BCUT2D eigenvalue weighted by atomic mass is 16.2. The zero-order chi connectivity index (χ0) is 19.1. The first-order chi connectivity index (χ1) is 13.1. The molecule has 3 aliphatic rings. The number of rotatable bonds is 7. The number of nitrogens with zero attached hydrogens (tertiary/aromatic N) is 2. The Labute approximate surface area is 162 Å². The van der Waals surface area contributed by atoms with Crippen LogP contribution in [-0.2, 0) is 14.4 Å². The lowest BCUT2D eigenvalue weighted by molar-refractivity contribution is -0.134. The maximum absolute atomic E-state index is 12.4. The summed E-state index contributed by atoms with van der Waals surface area (Å²) in [6.07, 6.45) is 9.19. The minimum Gasteiger partial charge on any atom is -0.354 e. The van der Waals surface area contributed by atoms with E-state index in [0.29, 0.717) is 32.0 Å². The summed E-state index contributed by atoms with van der Waals surface area (Å²) in [7, 11) is 0. The van der Waals surface area contributed by atoms with Gasteiger partial charge >= 0.3 is 0 Å². The van der Waals surface area contributed by atoms with E-state index in [-0.39, 0.29) is 30.2 Å². The van der Waals surface area contributed by atoms with Crippen LogP contribution in [0.3, 0.4) is 0 Å². The summed E-state index contributed by atoms with van der Waals surface area (Å²) in [6.45, 7) is 4.22. The molecule has 2 saturated heterocycles. The van der Waals surface area contributed by atoms with Crippen LogP contribution in [0.2, 0.25) is 0 Å². The molecule has 0 aromatic heterocycles. The van der Waals surface area contributed by atoms with Crippen LogP contribution < -0.4 is 10.6 Å². The standard InChI is InChI=1S/C20H34N4O3/c25-18(21-9-12-23-11-5-4-8-19(23)26)14-17-20(27)22-10-13-24(17)15-16-6-2-1-3-7-16/h16-17H,1-15H2,(H,21,25)(H,22,27)/t17-/m1/s1. The van der Waals surface area contributed by atoms with Crippen LogP contribution >= 0.6 is 0 Å². The van der Waals surface area contributed by atoms with Gasteiger partial charge in [-0.05, 0) is 31.6 Å². The van der Waals surface area contributed by atoms with E-state index in [9.17, 15) is 14.4 Å². The van der Waals surface area contributed by atoms with Crippen molar-refractivity contribution in [1.82, 2.24) is 20.4 Å². The molecule has 0 aromatic rings. The van der Waals surface area contributed by atoms with Crippen molar-refractivity contribution >= 4 is 17.7 Å². The van der Waals surface area contributed by atoms with Crippen molar-refractivity contribution in [2.24, 2.45) is 5.92 Å². The molecule has 0 bridgehead atoms. The topological polar surface area (TPSA) is 81.8 Å². The molecule has 152 valence electrons. The van der Waals surface area contributed by atoms with Gasteiger partial charge < -0.3 is 15.5 Å². The molecule has 1 saturated carbocycles. The van der Waals surface area contributed by atoms with Gasteiger partial charge in [0.1, 0.15) is 0 Å². The molecule has 3 amide bonds. The number of carbonyl (C=O) groups is 3. The number of piperidine rings is 1. The second-order valence-electron chi connectivity index (χ2n) is 8.20. The molecule has 0 aromatic carbocycles. The van der Waals surface area contributed by atoms with E-state index >= 15 is 0 Å². The first-order valence-electron chi connectivity index (χ1n) is 10.7. The average molecular weight is 379 g/mol. The van der Waals surface area contributed by atoms with Gasteiger partial charge in [-0.1, -0.05) is 19.3 Å². The zero-order valence-corrected chi connectivity index (χ0v) is 16.4. The number of nitrogens with one attached hydrogen (secondary N) is 2. The Hall–Kier alpha value is -1.63. The van der Waals surface area contributed by atoms with Gasteiger partial charge in [-0.15, -0.1) is 0 Å². The Morgan fingerprint density at radius 1 is 1.07 bits per heavy atom. The lowest BCUT2D eigenvalue weighted by Crippen LogP contribution is -2.57. The van der Waals surface area contributed by atoms with Crippen molar-refractivity contribution < 1.29 is 14.4 Å². The first-order valence-corrected chi connectivity index (χ1v) is 10.7. The Balaban J connectivity index is 1.44. The lowest BCUT2D eigenvalue weighted by atomic mass is 9.88. The van der Waals surface area contributed by atoms with E-state index in [2.05, 4.69) is 15.5 Å². The van der Waals surface area contributed by atoms with E-state index < -0.39 is 0 Å². The minimum atomic E-state index is -0.364. The zero-order valence-electron chi connectivity index (χ0n) is 16.4. The first kappa shape index (κ1) is 20.1. The molecule has 1 aliphatic carbocycles. The van der Waals surface area contributed by atoms with Gasteiger partial charge in [0.05, 0.1) is 12.5 Å². The minimum absolute atomic E-state index is 0.0292.